The number of hydrogen-bond acceptors (Lipinski definition) is 4. The minimum atomic E-state index is -1.96. The van der Waals surface area contributed by atoms with Crippen molar-refractivity contribution in [2.75, 3.05) is 13.2 Å². The van der Waals surface area contributed by atoms with Crippen molar-refractivity contribution in [1.82, 2.24) is 0 Å². The molecule has 152 valence electrons. The molecule has 0 rings (SSSR count). The lowest BCUT2D eigenvalue weighted by Crippen LogP contribution is -2.50. The van der Waals surface area contributed by atoms with Gasteiger partial charge in [-0.2, -0.15) is 0 Å². The fourth-order valence-corrected chi connectivity index (χ4v) is 9.65. The second-order valence-corrected chi connectivity index (χ2v) is 14.7. The minimum absolute atomic E-state index is 0.0212. The molecule has 0 bridgehead atoms. The minimum Gasteiger partial charge on any atom is -0.413 e. The van der Waals surface area contributed by atoms with E-state index in [1.54, 1.807) is 0 Å². The van der Waals surface area contributed by atoms with Crippen molar-refractivity contribution in [2.24, 2.45) is 5.41 Å². The SMILES string of the molecule is CC(C)[Si](OCC(O)C(C)(C)CCCC(O)CCO)(C(C)C)C(C)C. The Morgan fingerprint density at radius 1 is 0.880 bits per heavy atom. The Labute approximate surface area is 157 Å². The smallest absolute Gasteiger partial charge is 0.200 e. The summed E-state index contributed by atoms with van der Waals surface area (Å²) in [5, 5.41) is 29.3. The molecule has 0 aliphatic carbocycles. The van der Waals surface area contributed by atoms with Crippen molar-refractivity contribution in [3.63, 3.8) is 0 Å². The van der Waals surface area contributed by atoms with E-state index >= 15 is 0 Å². The summed E-state index contributed by atoms with van der Waals surface area (Å²) >= 11 is 0. The van der Waals surface area contributed by atoms with Crippen LogP contribution in [0, 0.1) is 5.41 Å². The van der Waals surface area contributed by atoms with E-state index < -0.39 is 20.5 Å². The third-order valence-corrected chi connectivity index (χ3v) is 12.0. The van der Waals surface area contributed by atoms with Gasteiger partial charge >= 0.3 is 0 Å². The van der Waals surface area contributed by atoms with Gasteiger partial charge in [0.15, 0.2) is 8.32 Å². The summed E-state index contributed by atoms with van der Waals surface area (Å²) in [6.45, 7) is 18.1. The zero-order valence-electron chi connectivity index (χ0n) is 17.9. The molecule has 0 aliphatic heterocycles. The predicted octanol–water partition coefficient (Wildman–Crippen LogP) is 4.48. The molecule has 4 nitrogen and oxygen atoms in total. The lowest BCUT2D eigenvalue weighted by Gasteiger charge is -2.44. The Hall–Kier alpha value is 0.0569. The summed E-state index contributed by atoms with van der Waals surface area (Å²) < 4.78 is 6.53. The van der Waals surface area contributed by atoms with E-state index in [-0.39, 0.29) is 12.0 Å². The van der Waals surface area contributed by atoms with Gasteiger partial charge < -0.3 is 19.7 Å². The van der Waals surface area contributed by atoms with Crippen LogP contribution in [0.25, 0.3) is 0 Å². The Morgan fingerprint density at radius 2 is 1.36 bits per heavy atom. The van der Waals surface area contributed by atoms with Crippen LogP contribution >= 0.6 is 0 Å². The van der Waals surface area contributed by atoms with Crippen LogP contribution in [-0.4, -0.2) is 49.1 Å². The summed E-state index contributed by atoms with van der Waals surface area (Å²) in [5.41, 5.74) is 1.29. The maximum Gasteiger partial charge on any atom is 0.200 e. The summed E-state index contributed by atoms with van der Waals surface area (Å²) in [7, 11) is -1.96. The standard InChI is InChI=1S/C20H44O4Si/c1-15(2)25(16(3)4,17(5)6)24-14-19(23)20(7,8)12-9-10-18(22)11-13-21/h15-19,21-23H,9-14H2,1-8H3. The fraction of sp³-hybridized carbons (Fsp3) is 1.00. The molecule has 5 heteroatoms. The monoisotopic (exact) mass is 376 g/mol. The summed E-state index contributed by atoms with van der Waals surface area (Å²) in [6, 6.07) is 0. The molecule has 0 radical (unpaired) electrons. The third-order valence-electron chi connectivity index (χ3n) is 5.92. The first-order valence-electron chi connectivity index (χ1n) is 10.0. The van der Waals surface area contributed by atoms with E-state index in [4.69, 9.17) is 9.53 Å². The highest BCUT2D eigenvalue weighted by Gasteiger charge is 2.46. The number of aliphatic hydroxyl groups excluding tert-OH is 3. The van der Waals surface area contributed by atoms with Crippen LogP contribution in [0.5, 0.6) is 0 Å². The molecule has 0 fully saturated rings. The van der Waals surface area contributed by atoms with Crippen LogP contribution in [0.2, 0.25) is 16.6 Å². The Morgan fingerprint density at radius 3 is 1.76 bits per heavy atom. The second-order valence-electron chi connectivity index (χ2n) is 9.19. The van der Waals surface area contributed by atoms with E-state index in [9.17, 15) is 10.2 Å². The Bertz CT molecular complexity index is 334. The van der Waals surface area contributed by atoms with Crippen molar-refractivity contribution in [3.8, 4) is 0 Å². The van der Waals surface area contributed by atoms with Gasteiger partial charge in [-0.3, -0.25) is 0 Å². The zero-order chi connectivity index (χ0) is 19.8. The first-order valence-corrected chi connectivity index (χ1v) is 12.2. The van der Waals surface area contributed by atoms with E-state index in [0.717, 1.165) is 12.8 Å². The molecular formula is C20H44O4Si. The first-order chi connectivity index (χ1) is 11.4. The lowest BCUT2D eigenvalue weighted by atomic mass is 9.81. The van der Waals surface area contributed by atoms with Crippen LogP contribution in [0.4, 0.5) is 0 Å². The molecule has 0 aromatic heterocycles. The summed E-state index contributed by atoms with van der Waals surface area (Å²) in [4.78, 5) is 0. The van der Waals surface area contributed by atoms with Gasteiger partial charge in [-0.15, -0.1) is 0 Å². The molecule has 0 aromatic rings. The molecule has 0 spiro atoms. The average Bonchev–Trinajstić information content (AvgIpc) is 2.46. The van der Waals surface area contributed by atoms with Gasteiger partial charge in [-0.05, 0) is 41.3 Å². The van der Waals surface area contributed by atoms with Crippen molar-refractivity contribution in [1.29, 1.82) is 0 Å². The van der Waals surface area contributed by atoms with Gasteiger partial charge in [0.1, 0.15) is 0 Å². The van der Waals surface area contributed by atoms with E-state index in [0.29, 0.717) is 36.1 Å². The van der Waals surface area contributed by atoms with Gasteiger partial charge in [-0.25, -0.2) is 0 Å². The average molecular weight is 377 g/mol. The molecule has 3 N–H and O–H groups in total. The Kier molecular flexibility index (Phi) is 11.1. The molecule has 0 amide bonds. The van der Waals surface area contributed by atoms with Crippen LogP contribution in [0.1, 0.15) is 81.1 Å². The maximum atomic E-state index is 10.7. The molecule has 2 atom stereocenters. The highest BCUT2D eigenvalue weighted by atomic mass is 28.4. The topological polar surface area (TPSA) is 69.9 Å². The quantitative estimate of drug-likeness (QED) is 0.415. The summed E-state index contributed by atoms with van der Waals surface area (Å²) in [5.74, 6) is 0. The highest BCUT2D eigenvalue weighted by Crippen LogP contribution is 2.43. The van der Waals surface area contributed by atoms with Crippen LogP contribution in [0.15, 0.2) is 0 Å². The van der Waals surface area contributed by atoms with Crippen LogP contribution in [0.3, 0.4) is 0 Å². The molecular weight excluding hydrogens is 332 g/mol. The van der Waals surface area contributed by atoms with Crippen LogP contribution < -0.4 is 0 Å². The van der Waals surface area contributed by atoms with Gasteiger partial charge in [-0.1, -0.05) is 61.8 Å². The molecule has 0 saturated heterocycles. The maximum absolute atomic E-state index is 10.7. The van der Waals surface area contributed by atoms with Gasteiger partial charge in [0.2, 0.25) is 0 Å². The third kappa shape index (κ3) is 7.29. The molecule has 0 aromatic carbocycles. The lowest BCUT2D eigenvalue weighted by molar-refractivity contribution is -0.00125. The molecule has 2 unspecified atom stereocenters. The molecule has 0 aliphatic rings. The normalized spacial score (nSPS) is 16.1. The van der Waals surface area contributed by atoms with Crippen LogP contribution in [-0.2, 0) is 4.43 Å². The van der Waals surface area contributed by atoms with Crippen molar-refractivity contribution in [2.45, 2.75) is 110 Å². The predicted molar refractivity (Wildman–Crippen MR) is 108 cm³/mol. The summed E-state index contributed by atoms with van der Waals surface area (Å²) in [6.07, 6.45) is 1.81. The van der Waals surface area contributed by atoms with Gasteiger partial charge in [0.25, 0.3) is 0 Å². The fourth-order valence-electron chi connectivity index (χ4n) is 4.20. The second kappa shape index (κ2) is 11.0. The number of rotatable bonds is 13. The van der Waals surface area contributed by atoms with Crippen molar-refractivity contribution in [3.05, 3.63) is 0 Å². The number of aliphatic hydroxyl groups is 3. The van der Waals surface area contributed by atoms with Gasteiger partial charge in [0.05, 0.1) is 18.8 Å². The van der Waals surface area contributed by atoms with Crippen molar-refractivity contribution >= 4 is 8.32 Å². The van der Waals surface area contributed by atoms with E-state index in [2.05, 4.69) is 55.4 Å². The first kappa shape index (κ1) is 25.1. The highest BCUT2D eigenvalue weighted by molar-refractivity contribution is 6.77. The van der Waals surface area contributed by atoms with E-state index in [1.165, 1.54) is 0 Å². The molecule has 0 heterocycles. The van der Waals surface area contributed by atoms with Gasteiger partial charge in [0, 0.05) is 6.61 Å². The zero-order valence-corrected chi connectivity index (χ0v) is 18.9. The largest absolute Gasteiger partial charge is 0.413 e. The van der Waals surface area contributed by atoms with Crippen molar-refractivity contribution < 1.29 is 19.7 Å². The molecule has 0 saturated carbocycles. The van der Waals surface area contributed by atoms with E-state index in [1.807, 2.05) is 0 Å². The molecule has 25 heavy (non-hydrogen) atoms. The Balaban J connectivity index is 4.74. The number of hydrogen-bond donors (Lipinski definition) is 3.